The Morgan fingerprint density at radius 2 is 1.94 bits per heavy atom. The molecule has 0 aromatic heterocycles. The molecule has 0 fully saturated rings. The fourth-order valence-corrected chi connectivity index (χ4v) is 1.83. The third kappa shape index (κ3) is 2.92. The van der Waals surface area contributed by atoms with Crippen LogP contribution in [0.1, 0.15) is 11.1 Å². The summed E-state index contributed by atoms with van der Waals surface area (Å²) in [4.78, 5) is 0. The number of rotatable bonds is 3. The van der Waals surface area contributed by atoms with E-state index in [-0.39, 0.29) is 5.75 Å². The molecule has 3 heteroatoms. The third-order valence-electron chi connectivity index (χ3n) is 2.64. The normalized spacial score (nSPS) is 10.2. The molecule has 0 radical (unpaired) electrons. The minimum atomic E-state index is 0.117. The molecule has 0 atom stereocenters. The van der Waals surface area contributed by atoms with E-state index in [2.05, 4.69) is 18.3 Å². The van der Waals surface area contributed by atoms with Crippen molar-refractivity contribution in [1.29, 1.82) is 0 Å². The van der Waals surface area contributed by atoms with E-state index in [4.69, 9.17) is 11.6 Å². The summed E-state index contributed by atoms with van der Waals surface area (Å²) in [5, 5.41) is 13.0. The first kappa shape index (κ1) is 11.8. The van der Waals surface area contributed by atoms with Crippen LogP contribution in [0.3, 0.4) is 0 Å². The summed E-state index contributed by atoms with van der Waals surface area (Å²) in [6, 6.07) is 13.3. The highest BCUT2D eigenvalue weighted by molar-refractivity contribution is 6.32. The minimum Gasteiger partial charge on any atom is -0.506 e. The van der Waals surface area contributed by atoms with E-state index in [1.807, 2.05) is 24.3 Å². The van der Waals surface area contributed by atoms with Gasteiger partial charge in [-0.25, -0.2) is 0 Å². The maximum absolute atomic E-state index is 9.32. The summed E-state index contributed by atoms with van der Waals surface area (Å²) < 4.78 is 0. The second-order valence-electron chi connectivity index (χ2n) is 3.95. The molecule has 0 aliphatic carbocycles. The number of phenolic OH excluding ortho intramolecular Hbond substituents is 1. The number of para-hydroxylation sites is 1. The van der Waals surface area contributed by atoms with Crippen molar-refractivity contribution in [1.82, 2.24) is 0 Å². The molecule has 0 amide bonds. The Kier molecular flexibility index (Phi) is 3.55. The summed E-state index contributed by atoms with van der Waals surface area (Å²) in [6.45, 7) is 2.75. The number of hydrogen-bond acceptors (Lipinski definition) is 2. The van der Waals surface area contributed by atoms with Crippen LogP contribution in [0.4, 0.5) is 5.69 Å². The number of anilines is 1. The Hall–Kier alpha value is -1.67. The van der Waals surface area contributed by atoms with Gasteiger partial charge in [0.1, 0.15) is 5.75 Å². The van der Waals surface area contributed by atoms with Gasteiger partial charge in [-0.05, 0) is 36.2 Å². The monoisotopic (exact) mass is 247 g/mol. The summed E-state index contributed by atoms with van der Waals surface area (Å²) in [6.07, 6.45) is 0. The first-order valence-electron chi connectivity index (χ1n) is 5.44. The van der Waals surface area contributed by atoms with Crippen molar-refractivity contribution >= 4 is 17.3 Å². The highest BCUT2D eigenvalue weighted by Gasteiger charge is 2.01. The first-order chi connectivity index (χ1) is 8.16. The molecule has 0 spiro atoms. The van der Waals surface area contributed by atoms with Crippen LogP contribution in [0.2, 0.25) is 5.02 Å². The minimum absolute atomic E-state index is 0.117. The van der Waals surface area contributed by atoms with E-state index in [0.717, 1.165) is 11.3 Å². The maximum Gasteiger partial charge on any atom is 0.134 e. The fourth-order valence-electron chi connectivity index (χ4n) is 1.63. The molecular weight excluding hydrogens is 234 g/mol. The van der Waals surface area contributed by atoms with Crippen molar-refractivity contribution < 1.29 is 5.11 Å². The molecule has 0 aliphatic rings. The van der Waals surface area contributed by atoms with Gasteiger partial charge in [0.2, 0.25) is 0 Å². The smallest absolute Gasteiger partial charge is 0.134 e. The Morgan fingerprint density at radius 3 is 2.65 bits per heavy atom. The van der Waals surface area contributed by atoms with Crippen LogP contribution in [0, 0.1) is 6.92 Å². The maximum atomic E-state index is 9.32. The second-order valence-corrected chi connectivity index (χ2v) is 4.36. The van der Waals surface area contributed by atoms with Crippen molar-refractivity contribution in [3.05, 3.63) is 58.6 Å². The van der Waals surface area contributed by atoms with Crippen LogP contribution in [-0.2, 0) is 6.54 Å². The number of aryl methyl sites for hydroxylation is 1. The molecule has 0 heterocycles. The molecule has 0 unspecified atom stereocenters. The molecule has 0 aliphatic heterocycles. The van der Waals surface area contributed by atoms with Gasteiger partial charge >= 0.3 is 0 Å². The number of nitrogens with one attached hydrogen (secondary N) is 1. The van der Waals surface area contributed by atoms with Gasteiger partial charge in [0.15, 0.2) is 0 Å². The topological polar surface area (TPSA) is 32.3 Å². The van der Waals surface area contributed by atoms with Crippen molar-refractivity contribution in [3.63, 3.8) is 0 Å². The van der Waals surface area contributed by atoms with Crippen molar-refractivity contribution in [3.8, 4) is 5.75 Å². The lowest BCUT2D eigenvalue weighted by atomic mass is 10.1. The van der Waals surface area contributed by atoms with Crippen LogP contribution in [-0.4, -0.2) is 5.11 Å². The Labute approximate surface area is 106 Å². The van der Waals surface area contributed by atoms with Crippen molar-refractivity contribution in [2.45, 2.75) is 13.5 Å². The molecule has 88 valence electrons. The van der Waals surface area contributed by atoms with Crippen LogP contribution in [0.5, 0.6) is 5.75 Å². The SMILES string of the molecule is Cc1ccccc1NCc1ccc(O)c(Cl)c1. The lowest BCUT2D eigenvalue weighted by molar-refractivity contribution is 0.475. The Balaban J connectivity index is 2.08. The zero-order valence-electron chi connectivity index (χ0n) is 9.57. The molecule has 0 bridgehead atoms. The van der Waals surface area contributed by atoms with Gasteiger partial charge in [-0.15, -0.1) is 0 Å². The predicted molar refractivity (Wildman–Crippen MR) is 71.6 cm³/mol. The number of aromatic hydroxyl groups is 1. The quantitative estimate of drug-likeness (QED) is 0.860. The molecule has 2 aromatic rings. The van der Waals surface area contributed by atoms with E-state index in [1.54, 1.807) is 12.1 Å². The molecule has 0 saturated carbocycles. The molecule has 0 saturated heterocycles. The molecule has 2 nitrogen and oxygen atoms in total. The molecule has 2 rings (SSSR count). The van der Waals surface area contributed by atoms with E-state index in [0.29, 0.717) is 11.6 Å². The second kappa shape index (κ2) is 5.11. The van der Waals surface area contributed by atoms with Crippen LogP contribution >= 0.6 is 11.6 Å². The van der Waals surface area contributed by atoms with Crippen molar-refractivity contribution in [2.24, 2.45) is 0 Å². The van der Waals surface area contributed by atoms with Gasteiger partial charge in [0, 0.05) is 12.2 Å². The van der Waals surface area contributed by atoms with Gasteiger partial charge in [0.05, 0.1) is 5.02 Å². The number of halogens is 1. The molecule has 2 N–H and O–H groups in total. The van der Waals surface area contributed by atoms with Gasteiger partial charge in [-0.2, -0.15) is 0 Å². The zero-order valence-corrected chi connectivity index (χ0v) is 10.3. The lowest BCUT2D eigenvalue weighted by Gasteiger charge is -2.09. The summed E-state index contributed by atoms with van der Waals surface area (Å²) >= 11 is 5.85. The molecule has 17 heavy (non-hydrogen) atoms. The van der Waals surface area contributed by atoms with Gasteiger partial charge < -0.3 is 10.4 Å². The van der Waals surface area contributed by atoms with E-state index < -0.39 is 0 Å². The number of benzene rings is 2. The Bertz CT molecular complexity index is 525. The summed E-state index contributed by atoms with van der Waals surface area (Å²) in [7, 11) is 0. The summed E-state index contributed by atoms with van der Waals surface area (Å²) in [5.74, 6) is 0.117. The first-order valence-corrected chi connectivity index (χ1v) is 5.81. The van der Waals surface area contributed by atoms with E-state index in [9.17, 15) is 5.11 Å². The van der Waals surface area contributed by atoms with E-state index in [1.165, 1.54) is 5.56 Å². The Morgan fingerprint density at radius 1 is 1.18 bits per heavy atom. The van der Waals surface area contributed by atoms with Gasteiger partial charge in [-0.3, -0.25) is 0 Å². The average Bonchev–Trinajstić information content (AvgIpc) is 2.32. The van der Waals surface area contributed by atoms with Crippen LogP contribution < -0.4 is 5.32 Å². The standard InChI is InChI=1S/C14H14ClNO/c1-10-4-2-3-5-13(10)16-9-11-6-7-14(17)12(15)8-11/h2-8,16-17H,9H2,1H3. The summed E-state index contributed by atoms with van der Waals surface area (Å²) in [5.41, 5.74) is 3.35. The van der Waals surface area contributed by atoms with Crippen LogP contribution in [0.25, 0.3) is 0 Å². The highest BCUT2D eigenvalue weighted by Crippen LogP contribution is 2.24. The van der Waals surface area contributed by atoms with Gasteiger partial charge in [-0.1, -0.05) is 35.9 Å². The number of phenols is 1. The molecular formula is C14H14ClNO. The highest BCUT2D eigenvalue weighted by atomic mass is 35.5. The van der Waals surface area contributed by atoms with Crippen molar-refractivity contribution in [2.75, 3.05) is 5.32 Å². The lowest BCUT2D eigenvalue weighted by Crippen LogP contribution is -2.00. The van der Waals surface area contributed by atoms with Crippen LogP contribution in [0.15, 0.2) is 42.5 Å². The van der Waals surface area contributed by atoms with Gasteiger partial charge in [0.25, 0.3) is 0 Å². The zero-order chi connectivity index (χ0) is 12.3. The fraction of sp³-hybridized carbons (Fsp3) is 0.143. The third-order valence-corrected chi connectivity index (χ3v) is 2.94. The largest absolute Gasteiger partial charge is 0.506 e. The predicted octanol–water partition coefficient (Wildman–Crippen LogP) is 3.97. The average molecular weight is 248 g/mol. The molecule has 2 aromatic carbocycles. The van der Waals surface area contributed by atoms with E-state index >= 15 is 0 Å². The number of hydrogen-bond donors (Lipinski definition) is 2.